The molecule has 0 unspecified atom stereocenters. The van der Waals surface area contributed by atoms with Gasteiger partial charge >= 0.3 is 0 Å². The average Bonchev–Trinajstić information content (AvgIpc) is 2.78. The zero-order valence-corrected chi connectivity index (χ0v) is 13.5. The highest BCUT2D eigenvalue weighted by Crippen LogP contribution is 2.34. The Morgan fingerprint density at radius 1 is 1.39 bits per heavy atom. The van der Waals surface area contributed by atoms with E-state index in [2.05, 4.69) is 60.2 Å². The molecule has 1 aliphatic rings. The van der Waals surface area contributed by atoms with E-state index in [1.165, 1.54) is 5.56 Å². The highest BCUT2D eigenvalue weighted by atomic mass is 79.9. The minimum Gasteiger partial charge on any atom is -0.335 e. The van der Waals surface area contributed by atoms with Crippen molar-refractivity contribution in [2.75, 3.05) is 11.1 Å². The number of hydrogen-bond acceptors (Lipinski definition) is 3. The quantitative estimate of drug-likeness (QED) is 0.860. The number of anilines is 1. The lowest BCUT2D eigenvalue weighted by Gasteiger charge is -2.20. The number of rotatable bonds is 3. The summed E-state index contributed by atoms with van der Waals surface area (Å²) in [4.78, 5) is 4.86. The molecule has 2 rings (SSSR count). The van der Waals surface area contributed by atoms with Crippen molar-refractivity contribution in [2.45, 2.75) is 39.2 Å². The molecule has 1 aromatic carbocycles. The Hall–Kier alpha value is -0.480. The molecule has 0 aliphatic carbocycles. The molecule has 0 spiro atoms. The van der Waals surface area contributed by atoms with Crippen LogP contribution in [0.1, 0.15) is 32.3 Å². The summed E-state index contributed by atoms with van der Waals surface area (Å²) in [5.41, 5.74) is 2.49. The van der Waals surface area contributed by atoms with Crippen LogP contribution in [0.4, 0.5) is 5.69 Å². The molecule has 98 valence electrons. The van der Waals surface area contributed by atoms with Crippen molar-refractivity contribution < 1.29 is 0 Å². The Labute approximate surface area is 122 Å². The molecule has 18 heavy (non-hydrogen) atoms. The van der Waals surface area contributed by atoms with Gasteiger partial charge in [0.25, 0.3) is 0 Å². The largest absolute Gasteiger partial charge is 0.335 e. The number of nitrogens with one attached hydrogen (secondary N) is 1. The van der Waals surface area contributed by atoms with Crippen LogP contribution < -0.4 is 5.32 Å². The standard InChI is InChI=1S/C14H19BrN2S/c1-4-14(5-2)9-18-13(17-14)16-11-7-6-10(3)12(15)8-11/h6-8H,4-5,9H2,1-3H3,(H,16,17). The molecule has 0 saturated carbocycles. The van der Waals surface area contributed by atoms with Gasteiger partial charge in [-0.2, -0.15) is 0 Å². The molecule has 1 N–H and O–H groups in total. The minimum absolute atomic E-state index is 0.148. The van der Waals surface area contributed by atoms with Gasteiger partial charge in [-0.15, -0.1) is 0 Å². The van der Waals surface area contributed by atoms with Gasteiger partial charge in [-0.25, -0.2) is 0 Å². The second kappa shape index (κ2) is 5.66. The van der Waals surface area contributed by atoms with Crippen LogP contribution in [0.15, 0.2) is 27.7 Å². The molecule has 1 aromatic rings. The van der Waals surface area contributed by atoms with E-state index in [9.17, 15) is 0 Å². The zero-order valence-electron chi connectivity index (χ0n) is 11.1. The summed E-state index contributed by atoms with van der Waals surface area (Å²) in [7, 11) is 0. The Balaban J connectivity index is 2.13. The number of amidine groups is 1. The predicted octanol–water partition coefficient (Wildman–Crippen LogP) is 4.83. The van der Waals surface area contributed by atoms with Gasteiger partial charge in [-0.1, -0.05) is 47.6 Å². The summed E-state index contributed by atoms with van der Waals surface area (Å²) < 4.78 is 1.13. The Bertz CT molecular complexity index is 467. The van der Waals surface area contributed by atoms with Gasteiger partial charge in [0.2, 0.25) is 0 Å². The predicted molar refractivity (Wildman–Crippen MR) is 85.7 cm³/mol. The van der Waals surface area contributed by atoms with Gasteiger partial charge in [0.1, 0.15) is 0 Å². The van der Waals surface area contributed by atoms with Crippen LogP contribution in [0.5, 0.6) is 0 Å². The number of benzene rings is 1. The van der Waals surface area contributed by atoms with Gasteiger partial charge in [0.05, 0.1) is 5.54 Å². The smallest absolute Gasteiger partial charge is 0.161 e. The highest BCUT2D eigenvalue weighted by molar-refractivity contribution is 9.10. The fourth-order valence-corrected chi connectivity index (χ4v) is 3.66. The van der Waals surface area contributed by atoms with E-state index in [1.807, 2.05) is 11.8 Å². The third-order valence-corrected chi connectivity index (χ3v) is 5.56. The minimum atomic E-state index is 0.148. The summed E-state index contributed by atoms with van der Waals surface area (Å²) >= 11 is 5.39. The maximum atomic E-state index is 4.86. The van der Waals surface area contributed by atoms with E-state index < -0.39 is 0 Å². The van der Waals surface area contributed by atoms with Crippen LogP contribution in [-0.4, -0.2) is 16.5 Å². The summed E-state index contributed by atoms with van der Waals surface area (Å²) in [5.74, 6) is 1.09. The molecule has 1 heterocycles. The van der Waals surface area contributed by atoms with E-state index in [4.69, 9.17) is 4.99 Å². The van der Waals surface area contributed by atoms with Gasteiger partial charge < -0.3 is 5.32 Å². The molecule has 0 aromatic heterocycles. The van der Waals surface area contributed by atoms with E-state index in [0.717, 1.165) is 33.9 Å². The van der Waals surface area contributed by atoms with Crippen LogP contribution in [0.2, 0.25) is 0 Å². The van der Waals surface area contributed by atoms with E-state index in [0.29, 0.717) is 0 Å². The molecule has 2 nitrogen and oxygen atoms in total. The number of hydrogen-bond donors (Lipinski definition) is 1. The van der Waals surface area contributed by atoms with Crippen LogP contribution in [0.3, 0.4) is 0 Å². The molecule has 0 atom stereocenters. The fourth-order valence-electron chi connectivity index (χ4n) is 1.95. The number of aliphatic imine (C=N–C) groups is 1. The third kappa shape index (κ3) is 2.91. The van der Waals surface area contributed by atoms with Crippen molar-refractivity contribution in [1.82, 2.24) is 0 Å². The van der Waals surface area contributed by atoms with Crippen LogP contribution in [0.25, 0.3) is 0 Å². The lowest BCUT2D eigenvalue weighted by Crippen LogP contribution is -2.24. The molecule has 0 saturated heterocycles. The molecule has 0 bridgehead atoms. The van der Waals surface area contributed by atoms with Crippen LogP contribution in [0, 0.1) is 6.92 Å². The summed E-state index contributed by atoms with van der Waals surface area (Å²) in [6.45, 7) is 6.53. The van der Waals surface area contributed by atoms with Gasteiger partial charge in [-0.05, 0) is 37.5 Å². The molecule has 0 amide bonds. The SMILES string of the molecule is CCC1(CC)CSC(Nc2ccc(C)c(Br)c2)=N1. The van der Waals surface area contributed by atoms with E-state index in [1.54, 1.807) is 0 Å². The number of thioether (sulfide) groups is 1. The lowest BCUT2D eigenvalue weighted by molar-refractivity contribution is 0.456. The first-order valence-electron chi connectivity index (χ1n) is 6.34. The van der Waals surface area contributed by atoms with Crippen LogP contribution >= 0.6 is 27.7 Å². The molecular weight excluding hydrogens is 308 g/mol. The first-order valence-corrected chi connectivity index (χ1v) is 8.12. The summed E-state index contributed by atoms with van der Waals surface area (Å²) in [6.07, 6.45) is 2.22. The first-order chi connectivity index (χ1) is 8.58. The molecule has 4 heteroatoms. The van der Waals surface area contributed by atoms with Crippen LogP contribution in [-0.2, 0) is 0 Å². The van der Waals surface area contributed by atoms with Gasteiger partial charge in [-0.3, -0.25) is 4.99 Å². The lowest BCUT2D eigenvalue weighted by atomic mass is 9.97. The average molecular weight is 327 g/mol. The van der Waals surface area contributed by atoms with Crippen molar-refractivity contribution >= 4 is 38.5 Å². The zero-order chi connectivity index (χ0) is 13.2. The van der Waals surface area contributed by atoms with Crippen molar-refractivity contribution in [3.05, 3.63) is 28.2 Å². The maximum absolute atomic E-state index is 4.86. The monoisotopic (exact) mass is 326 g/mol. The van der Waals surface area contributed by atoms with E-state index >= 15 is 0 Å². The summed E-state index contributed by atoms with van der Waals surface area (Å²) in [6, 6.07) is 6.32. The second-order valence-corrected chi connectivity index (χ2v) is 6.54. The summed E-state index contributed by atoms with van der Waals surface area (Å²) in [5, 5.41) is 4.47. The maximum Gasteiger partial charge on any atom is 0.161 e. The van der Waals surface area contributed by atoms with E-state index in [-0.39, 0.29) is 5.54 Å². The van der Waals surface area contributed by atoms with Gasteiger partial charge in [0.15, 0.2) is 5.17 Å². The molecular formula is C14H19BrN2S. The highest BCUT2D eigenvalue weighted by Gasteiger charge is 2.32. The van der Waals surface area contributed by atoms with Gasteiger partial charge in [0, 0.05) is 15.9 Å². The Morgan fingerprint density at radius 2 is 2.11 bits per heavy atom. The normalized spacial score (nSPS) is 17.7. The van der Waals surface area contributed by atoms with Crippen molar-refractivity contribution in [3.63, 3.8) is 0 Å². The first kappa shape index (κ1) is 13.9. The fraction of sp³-hybridized carbons (Fsp3) is 0.500. The van der Waals surface area contributed by atoms with Crippen molar-refractivity contribution in [2.24, 2.45) is 4.99 Å². The third-order valence-electron chi connectivity index (χ3n) is 3.56. The molecule has 1 aliphatic heterocycles. The second-order valence-electron chi connectivity index (χ2n) is 4.73. The topological polar surface area (TPSA) is 24.4 Å². The Morgan fingerprint density at radius 3 is 2.67 bits per heavy atom. The number of nitrogens with zero attached hydrogens (tertiary/aromatic N) is 1. The number of halogens is 1. The number of aryl methyl sites for hydroxylation is 1. The Kier molecular flexibility index (Phi) is 4.38. The molecule has 0 fully saturated rings. The van der Waals surface area contributed by atoms with Crippen molar-refractivity contribution in [1.29, 1.82) is 0 Å². The van der Waals surface area contributed by atoms with Crippen molar-refractivity contribution in [3.8, 4) is 0 Å². The molecule has 0 radical (unpaired) electrons.